The highest BCUT2D eigenvalue weighted by Gasteiger charge is 2.77. The molecule has 0 aliphatic carbocycles. The average Bonchev–Trinajstić information content (AvgIpc) is 3.45. The number of anilines is 2. The minimum absolute atomic E-state index is 0.0979. The molecule has 7 nitrogen and oxygen atoms in total. The topological polar surface area (TPSA) is 98.7 Å². The predicted molar refractivity (Wildman–Crippen MR) is 151 cm³/mol. The van der Waals surface area contributed by atoms with E-state index in [-0.39, 0.29) is 24.3 Å². The van der Waals surface area contributed by atoms with Gasteiger partial charge in [-0.15, -0.1) is 11.8 Å². The molecule has 0 aromatic heterocycles. The molecule has 2 bridgehead atoms. The SMILES string of the molecule is Cc1ccc(C)c(NC(=O)C2N(CCCCCO)C(=O)[C@@H]3[C@H](C(=O)Nc4ccccc4)[C@]4(C)CCC23S4)c1. The Morgan fingerprint density at radius 1 is 1.03 bits per heavy atom. The molecular weight excluding hydrogens is 498 g/mol. The van der Waals surface area contributed by atoms with Crippen LogP contribution in [0.4, 0.5) is 11.4 Å². The number of fused-ring (bicyclic) bond motifs is 1. The molecule has 3 aliphatic heterocycles. The van der Waals surface area contributed by atoms with Crippen LogP contribution >= 0.6 is 11.8 Å². The van der Waals surface area contributed by atoms with Crippen LogP contribution in [0.3, 0.4) is 0 Å². The van der Waals surface area contributed by atoms with Gasteiger partial charge in [0.2, 0.25) is 17.7 Å². The summed E-state index contributed by atoms with van der Waals surface area (Å²) >= 11 is 1.68. The number of hydrogen-bond acceptors (Lipinski definition) is 5. The largest absolute Gasteiger partial charge is 0.396 e. The van der Waals surface area contributed by atoms with E-state index in [4.69, 9.17) is 0 Å². The molecule has 5 rings (SSSR count). The molecular formula is C30H37N3O4S. The smallest absolute Gasteiger partial charge is 0.248 e. The lowest BCUT2D eigenvalue weighted by Crippen LogP contribution is -2.52. The van der Waals surface area contributed by atoms with Gasteiger partial charge in [0.25, 0.3) is 0 Å². The van der Waals surface area contributed by atoms with Crippen molar-refractivity contribution in [3.63, 3.8) is 0 Å². The van der Waals surface area contributed by atoms with E-state index in [9.17, 15) is 19.5 Å². The summed E-state index contributed by atoms with van der Waals surface area (Å²) in [5.74, 6) is -1.51. The highest BCUT2D eigenvalue weighted by Crippen LogP contribution is 2.71. The number of aliphatic hydroxyl groups is 1. The number of aryl methyl sites for hydroxylation is 2. The molecule has 1 spiro atoms. The highest BCUT2D eigenvalue weighted by molar-refractivity contribution is 8.02. The molecule has 0 saturated carbocycles. The van der Waals surface area contributed by atoms with Crippen LogP contribution in [0.25, 0.3) is 0 Å². The normalized spacial score (nSPS) is 29.4. The molecule has 3 aliphatic rings. The van der Waals surface area contributed by atoms with Crippen LogP contribution in [-0.2, 0) is 14.4 Å². The number of thioether (sulfide) groups is 1. The Hall–Kier alpha value is -2.84. The lowest BCUT2D eigenvalue weighted by molar-refractivity contribution is -0.139. The Morgan fingerprint density at radius 2 is 1.79 bits per heavy atom. The van der Waals surface area contributed by atoms with Crippen LogP contribution in [0.5, 0.6) is 0 Å². The number of likely N-dealkylation sites (tertiary alicyclic amines) is 1. The highest BCUT2D eigenvalue weighted by atomic mass is 32.2. The number of amides is 3. The maximum absolute atomic E-state index is 14.1. The summed E-state index contributed by atoms with van der Waals surface area (Å²) < 4.78 is -1.07. The van der Waals surface area contributed by atoms with Gasteiger partial charge in [0.15, 0.2) is 0 Å². The van der Waals surface area contributed by atoms with E-state index in [0.717, 1.165) is 36.1 Å². The van der Waals surface area contributed by atoms with E-state index in [2.05, 4.69) is 17.6 Å². The van der Waals surface area contributed by atoms with Crippen LogP contribution < -0.4 is 10.6 Å². The third-order valence-corrected chi connectivity index (χ3v) is 10.5. The second kappa shape index (κ2) is 10.4. The fraction of sp³-hybridized carbons (Fsp3) is 0.500. The number of para-hydroxylation sites is 1. The lowest BCUT2D eigenvalue weighted by Gasteiger charge is -2.35. The van der Waals surface area contributed by atoms with Crippen molar-refractivity contribution in [2.75, 3.05) is 23.8 Å². The molecule has 8 heteroatoms. The second-order valence-corrected chi connectivity index (χ2v) is 13.1. The van der Waals surface area contributed by atoms with Gasteiger partial charge in [-0.2, -0.15) is 0 Å². The number of benzene rings is 2. The van der Waals surface area contributed by atoms with Crippen molar-refractivity contribution in [3.8, 4) is 0 Å². The monoisotopic (exact) mass is 535 g/mol. The number of nitrogens with zero attached hydrogens (tertiary/aromatic N) is 1. The first-order valence-electron chi connectivity index (χ1n) is 13.6. The van der Waals surface area contributed by atoms with Crippen molar-refractivity contribution in [1.82, 2.24) is 4.90 Å². The van der Waals surface area contributed by atoms with Crippen molar-refractivity contribution >= 4 is 40.9 Å². The van der Waals surface area contributed by atoms with Gasteiger partial charge < -0.3 is 20.6 Å². The van der Waals surface area contributed by atoms with Crippen LogP contribution in [-0.4, -0.2) is 56.4 Å². The van der Waals surface area contributed by atoms with Crippen molar-refractivity contribution in [1.29, 1.82) is 0 Å². The summed E-state index contributed by atoms with van der Waals surface area (Å²) in [6.45, 7) is 6.57. The second-order valence-electron chi connectivity index (χ2n) is 11.2. The van der Waals surface area contributed by atoms with E-state index >= 15 is 0 Å². The molecule has 3 amide bonds. The quantitative estimate of drug-likeness (QED) is 0.410. The molecule has 202 valence electrons. The number of nitrogens with one attached hydrogen (secondary N) is 2. The van der Waals surface area contributed by atoms with Crippen LogP contribution in [0.2, 0.25) is 0 Å². The van der Waals surface area contributed by atoms with Gasteiger partial charge in [0, 0.05) is 29.3 Å². The number of carbonyl (C=O) groups is 3. The average molecular weight is 536 g/mol. The Balaban J connectivity index is 1.48. The molecule has 38 heavy (non-hydrogen) atoms. The number of aliphatic hydroxyl groups excluding tert-OH is 1. The maximum atomic E-state index is 14.1. The van der Waals surface area contributed by atoms with Gasteiger partial charge in [0.05, 0.1) is 16.6 Å². The number of hydrogen-bond donors (Lipinski definition) is 3. The van der Waals surface area contributed by atoms with E-state index in [0.29, 0.717) is 25.1 Å². The lowest BCUT2D eigenvalue weighted by atomic mass is 9.66. The first-order chi connectivity index (χ1) is 18.2. The summed E-state index contributed by atoms with van der Waals surface area (Å²) in [6, 6.07) is 14.6. The molecule has 3 saturated heterocycles. The summed E-state index contributed by atoms with van der Waals surface area (Å²) in [6.07, 6.45) is 3.62. The first-order valence-corrected chi connectivity index (χ1v) is 14.4. The van der Waals surface area contributed by atoms with Crippen molar-refractivity contribution in [2.24, 2.45) is 11.8 Å². The Kier molecular flexibility index (Phi) is 7.31. The Morgan fingerprint density at radius 3 is 2.53 bits per heavy atom. The van der Waals surface area contributed by atoms with Gasteiger partial charge in [-0.05, 0) is 82.2 Å². The fourth-order valence-corrected chi connectivity index (χ4v) is 9.11. The zero-order chi connectivity index (χ0) is 27.1. The third kappa shape index (κ3) is 4.51. The van der Waals surface area contributed by atoms with E-state index in [1.54, 1.807) is 16.7 Å². The van der Waals surface area contributed by atoms with Crippen molar-refractivity contribution < 1.29 is 19.5 Å². The molecule has 0 radical (unpaired) electrons. The molecule has 2 aromatic carbocycles. The summed E-state index contributed by atoms with van der Waals surface area (Å²) in [5, 5.41) is 15.4. The molecule has 3 fully saturated rings. The summed E-state index contributed by atoms with van der Waals surface area (Å²) in [5.41, 5.74) is 3.47. The molecule has 2 unspecified atom stereocenters. The molecule has 3 N–H and O–H groups in total. The van der Waals surface area contributed by atoms with Crippen molar-refractivity contribution in [3.05, 3.63) is 59.7 Å². The van der Waals surface area contributed by atoms with E-state index in [1.165, 1.54) is 0 Å². The van der Waals surface area contributed by atoms with Gasteiger partial charge in [-0.25, -0.2) is 0 Å². The summed E-state index contributed by atoms with van der Waals surface area (Å²) in [4.78, 5) is 43.7. The maximum Gasteiger partial charge on any atom is 0.248 e. The van der Waals surface area contributed by atoms with Crippen molar-refractivity contribution in [2.45, 2.75) is 68.4 Å². The van der Waals surface area contributed by atoms with E-state index in [1.807, 2.05) is 62.4 Å². The zero-order valence-corrected chi connectivity index (χ0v) is 23.1. The minimum atomic E-state index is -0.657. The van der Waals surface area contributed by atoms with Crippen LogP contribution in [0, 0.1) is 25.7 Å². The van der Waals surface area contributed by atoms with Gasteiger partial charge in [-0.1, -0.05) is 30.3 Å². The standard InChI is InChI=1S/C30H37N3O4S/c1-19-12-13-20(2)22(18-19)32-27(36)25-30-15-14-29(3,38-30)23(26(35)31-21-10-6-4-7-11-21)24(30)28(37)33(25)16-8-5-9-17-34/h4,6-7,10-13,18,23-25,34H,5,8-9,14-17H2,1-3H3,(H,31,35)(H,32,36)/t23-,24+,25?,29+,30?/m1/s1. The summed E-state index contributed by atoms with van der Waals surface area (Å²) in [7, 11) is 0. The van der Waals surface area contributed by atoms with Crippen LogP contribution in [0.15, 0.2) is 48.5 Å². The van der Waals surface area contributed by atoms with Crippen LogP contribution in [0.1, 0.15) is 50.2 Å². The fourth-order valence-electron chi connectivity index (χ4n) is 6.75. The number of unbranched alkanes of at least 4 members (excludes halogenated alkanes) is 2. The Labute approximate surface area is 228 Å². The van der Waals surface area contributed by atoms with E-state index < -0.39 is 27.4 Å². The van der Waals surface area contributed by atoms with Gasteiger partial charge in [0.1, 0.15) is 6.04 Å². The third-order valence-electron chi connectivity index (χ3n) is 8.56. The zero-order valence-electron chi connectivity index (χ0n) is 22.3. The van der Waals surface area contributed by atoms with Gasteiger partial charge >= 0.3 is 0 Å². The first kappa shape index (κ1) is 26.8. The minimum Gasteiger partial charge on any atom is -0.396 e. The molecule has 2 aromatic rings. The van der Waals surface area contributed by atoms with Gasteiger partial charge in [-0.3, -0.25) is 14.4 Å². The Bertz CT molecular complexity index is 1240. The number of rotatable bonds is 9. The molecule has 5 atom stereocenters. The predicted octanol–water partition coefficient (Wildman–Crippen LogP) is 4.52. The molecule has 3 heterocycles. The number of carbonyl (C=O) groups excluding carboxylic acids is 3.